The van der Waals surface area contributed by atoms with Crippen LogP contribution in [-0.4, -0.2) is 34.4 Å². The van der Waals surface area contributed by atoms with Gasteiger partial charge in [-0.15, -0.1) is 21.5 Å². The third-order valence-electron chi connectivity index (χ3n) is 3.29. The average molecular weight is 444 g/mol. The van der Waals surface area contributed by atoms with Crippen molar-refractivity contribution in [1.82, 2.24) is 10.2 Å². The molecule has 2 N–H and O–H groups in total. The summed E-state index contributed by atoms with van der Waals surface area (Å²) in [7, 11) is 0. The smallest absolute Gasteiger partial charge is 0.348 e. The minimum Gasteiger partial charge on any atom is -0.462 e. The summed E-state index contributed by atoms with van der Waals surface area (Å²) in [5.74, 6) is -0.770. The first-order chi connectivity index (χ1) is 13.0. The topological polar surface area (TPSA) is 95.2 Å². The van der Waals surface area contributed by atoms with E-state index in [-0.39, 0.29) is 18.2 Å². The Morgan fingerprint density at radius 3 is 2.67 bits per heavy atom. The quantitative estimate of drug-likeness (QED) is 0.416. The average Bonchev–Trinajstić information content (AvgIpc) is 3.23. The fourth-order valence-corrected chi connectivity index (χ4v) is 6.26. The lowest BCUT2D eigenvalue weighted by Gasteiger charge is -2.04. The summed E-state index contributed by atoms with van der Waals surface area (Å²) < 4.78 is 21.5. The molecule has 0 aliphatic heterocycles. The van der Waals surface area contributed by atoms with Gasteiger partial charge < -0.3 is 10.5 Å². The second kappa shape index (κ2) is 9.00. The number of carbonyl (C=O) groups is 2. The van der Waals surface area contributed by atoms with Crippen LogP contribution in [-0.2, 0) is 15.3 Å². The highest BCUT2D eigenvalue weighted by molar-refractivity contribution is 8.03. The zero-order chi connectivity index (χ0) is 19.4. The number of carbonyl (C=O) groups excluding carboxylic acids is 2. The first-order valence-corrected chi connectivity index (χ1v) is 11.3. The predicted octanol–water partition coefficient (Wildman–Crippen LogP) is 3.94. The maximum absolute atomic E-state index is 14.4. The van der Waals surface area contributed by atoms with Crippen LogP contribution in [0, 0.1) is 5.82 Å². The summed E-state index contributed by atoms with van der Waals surface area (Å²) in [6.07, 6.45) is 0. The number of ether oxygens (including phenoxy) is 1. The van der Waals surface area contributed by atoms with E-state index in [4.69, 9.17) is 10.5 Å². The van der Waals surface area contributed by atoms with E-state index in [1.165, 1.54) is 52.3 Å². The van der Waals surface area contributed by atoms with Crippen LogP contribution in [0.4, 0.5) is 4.39 Å². The zero-order valence-electron chi connectivity index (χ0n) is 14.1. The molecule has 0 radical (unpaired) electrons. The van der Waals surface area contributed by atoms with E-state index in [0.29, 0.717) is 35.0 Å². The number of hydrogen-bond donors (Lipinski definition) is 1. The van der Waals surface area contributed by atoms with E-state index < -0.39 is 11.9 Å². The predicted molar refractivity (Wildman–Crippen MR) is 107 cm³/mol. The van der Waals surface area contributed by atoms with Crippen molar-refractivity contribution in [1.29, 1.82) is 0 Å². The van der Waals surface area contributed by atoms with Crippen molar-refractivity contribution in [2.24, 2.45) is 5.73 Å². The maximum atomic E-state index is 14.4. The van der Waals surface area contributed by atoms with Crippen LogP contribution in [0.3, 0.4) is 0 Å². The number of nitrogens with zero attached hydrogens (tertiary/aromatic N) is 2. The largest absolute Gasteiger partial charge is 0.462 e. The zero-order valence-corrected chi connectivity index (χ0v) is 17.3. The number of thiophene rings is 1. The molecule has 0 aliphatic carbocycles. The van der Waals surface area contributed by atoms with E-state index in [1.54, 1.807) is 19.1 Å². The summed E-state index contributed by atoms with van der Waals surface area (Å²) in [5, 5.41) is 8.49. The van der Waals surface area contributed by atoms with E-state index in [0.717, 1.165) is 0 Å². The molecule has 0 atom stereocenters. The lowest BCUT2D eigenvalue weighted by atomic mass is 10.1. The molecule has 0 spiro atoms. The number of primary amides is 1. The van der Waals surface area contributed by atoms with Gasteiger partial charge in [0.05, 0.1) is 12.4 Å². The molecule has 0 saturated carbocycles. The summed E-state index contributed by atoms with van der Waals surface area (Å²) in [6, 6.07) is 4.78. The lowest BCUT2D eigenvalue weighted by molar-refractivity contribution is -0.115. The Morgan fingerprint density at radius 1 is 1.22 bits per heavy atom. The summed E-state index contributed by atoms with van der Waals surface area (Å²) in [5.41, 5.74) is 5.72. The van der Waals surface area contributed by atoms with Gasteiger partial charge in [0.2, 0.25) is 5.91 Å². The molecule has 1 amide bonds. The highest BCUT2D eigenvalue weighted by Crippen LogP contribution is 2.38. The van der Waals surface area contributed by atoms with Gasteiger partial charge in [-0.3, -0.25) is 4.79 Å². The van der Waals surface area contributed by atoms with Crippen LogP contribution in [0.1, 0.15) is 22.2 Å². The van der Waals surface area contributed by atoms with Crippen molar-refractivity contribution >= 4 is 68.2 Å². The molecular weight excluding hydrogens is 429 g/mol. The van der Waals surface area contributed by atoms with Gasteiger partial charge in [0.1, 0.15) is 10.7 Å². The van der Waals surface area contributed by atoms with E-state index in [9.17, 15) is 14.0 Å². The molecule has 3 aromatic rings. The number of amides is 1. The van der Waals surface area contributed by atoms with Crippen molar-refractivity contribution in [2.75, 3.05) is 12.4 Å². The van der Waals surface area contributed by atoms with Crippen LogP contribution in [0.2, 0.25) is 0 Å². The van der Waals surface area contributed by atoms with Gasteiger partial charge in [0.25, 0.3) is 0 Å². The third-order valence-corrected chi connectivity index (χ3v) is 7.71. The Balaban J connectivity index is 1.84. The highest BCUT2D eigenvalue weighted by Gasteiger charge is 2.22. The minimum atomic E-state index is -0.455. The number of thioether (sulfide) groups is 2. The molecule has 0 aliphatic rings. The Hall–Kier alpha value is -1.69. The SMILES string of the molecule is CCOC(=O)c1sc2cccc(F)c2c1CSc1nnc(SCC(N)=O)s1. The number of aromatic nitrogens is 2. The number of hydrogen-bond acceptors (Lipinski definition) is 9. The van der Waals surface area contributed by atoms with Gasteiger partial charge in [0, 0.05) is 15.8 Å². The normalized spacial score (nSPS) is 11.0. The number of halogens is 1. The van der Waals surface area contributed by atoms with Gasteiger partial charge in [-0.2, -0.15) is 0 Å². The Bertz CT molecular complexity index is 989. The molecule has 0 unspecified atom stereocenters. The molecule has 0 saturated heterocycles. The van der Waals surface area contributed by atoms with Crippen molar-refractivity contribution in [3.8, 4) is 0 Å². The van der Waals surface area contributed by atoms with E-state index >= 15 is 0 Å². The monoisotopic (exact) mass is 443 g/mol. The Kier molecular flexibility index (Phi) is 6.68. The molecule has 2 heterocycles. The second-order valence-electron chi connectivity index (χ2n) is 5.12. The lowest BCUT2D eigenvalue weighted by Crippen LogP contribution is -2.12. The van der Waals surface area contributed by atoms with Crippen LogP contribution in [0.15, 0.2) is 26.9 Å². The van der Waals surface area contributed by atoms with Gasteiger partial charge in [-0.1, -0.05) is 40.9 Å². The highest BCUT2D eigenvalue weighted by atomic mass is 32.2. The fourth-order valence-electron chi connectivity index (χ4n) is 2.25. The van der Waals surface area contributed by atoms with Crippen LogP contribution >= 0.6 is 46.2 Å². The van der Waals surface area contributed by atoms with Gasteiger partial charge in [0.15, 0.2) is 8.68 Å². The third kappa shape index (κ3) is 4.78. The van der Waals surface area contributed by atoms with Gasteiger partial charge in [-0.05, 0) is 24.6 Å². The molecule has 2 aromatic heterocycles. The molecule has 142 valence electrons. The first-order valence-electron chi connectivity index (χ1n) is 7.74. The second-order valence-corrected chi connectivity index (χ2v) is 9.60. The van der Waals surface area contributed by atoms with Crippen molar-refractivity contribution in [3.63, 3.8) is 0 Å². The molecule has 6 nitrogen and oxygen atoms in total. The van der Waals surface area contributed by atoms with Gasteiger partial charge >= 0.3 is 5.97 Å². The summed E-state index contributed by atoms with van der Waals surface area (Å²) >= 11 is 5.11. The summed E-state index contributed by atoms with van der Waals surface area (Å²) in [4.78, 5) is 23.5. The number of benzene rings is 1. The number of fused-ring (bicyclic) bond motifs is 1. The standard InChI is InChI=1S/C16H14FN3O3S4/c1-2-23-14(22)13-8(12-9(17)4-3-5-10(12)26-13)6-24-15-19-20-16(27-15)25-7-11(18)21/h3-5H,2,6-7H2,1H3,(H2,18,21). The van der Waals surface area contributed by atoms with Crippen LogP contribution in [0.25, 0.3) is 10.1 Å². The van der Waals surface area contributed by atoms with Crippen molar-refractivity contribution in [2.45, 2.75) is 21.4 Å². The number of rotatable bonds is 8. The molecule has 27 heavy (non-hydrogen) atoms. The molecule has 11 heteroatoms. The number of esters is 1. The number of nitrogens with two attached hydrogens (primary N) is 1. The molecule has 0 fully saturated rings. The Morgan fingerprint density at radius 2 is 1.96 bits per heavy atom. The maximum Gasteiger partial charge on any atom is 0.348 e. The molecule has 0 bridgehead atoms. The van der Waals surface area contributed by atoms with Crippen LogP contribution < -0.4 is 5.73 Å². The molecule has 1 aromatic carbocycles. The fraction of sp³-hybridized carbons (Fsp3) is 0.250. The van der Waals surface area contributed by atoms with Gasteiger partial charge in [-0.25, -0.2) is 9.18 Å². The summed E-state index contributed by atoms with van der Waals surface area (Å²) in [6.45, 7) is 1.98. The van der Waals surface area contributed by atoms with E-state index in [2.05, 4.69) is 10.2 Å². The van der Waals surface area contributed by atoms with E-state index in [1.807, 2.05) is 0 Å². The van der Waals surface area contributed by atoms with Crippen molar-refractivity contribution in [3.05, 3.63) is 34.5 Å². The van der Waals surface area contributed by atoms with Crippen LogP contribution in [0.5, 0.6) is 0 Å². The Labute approximate surface area is 170 Å². The first kappa shape index (κ1) is 20.1. The van der Waals surface area contributed by atoms with Crippen molar-refractivity contribution < 1.29 is 18.7 Å². The minimum absolute atomic E-state index is 0.132. The molecular formula is C16H14FN3O3S4. The molecule has 3 rings (SSSR count).